The summed E-state index contributed by atoms with van der Waals surface area (Å²) in [5.74, 6) is 1.56. The first-order valence-electron chi connectivity index (χ1n) is 13.3. The molecule has 1 aromatic heterocycles. The van der Waals surface area contributed by atoms with Gasteiger partial charge in [-0.3, -0.25) is 4.90 Å². The predicted octanol–water partition coefficient (Wildman–Crippen LogP) is 2.81. The molecule has 0 saturated carbocycles. The Morgan fingerprint density at radius 1 is 1.00 bits per heavy atom. The van der Waals surface area contributed by atoms with Gasteiger partial charge in [0, 0.05) is 43.1 Å². The second-order valence-electron chi connectivity index (χ2n) is 9.91. The van der Waals surface area contributed by atoms with Crippen LogP contribution in [0.2, 0.25) is 0 Å². The van der Waals surface area contributed by atoms with Gasteiger partial charge in [-0.25, -0.2) is 9.97 Å². The van der Waals surface area contributed by atoms with Crippen LogP contribution in [0.1, 0.15) is 18.4 Å². The normalized spacial score (nSPS) is 19.0. The van der Waals surface area contributed by atoms with E-state index in [2.05, 4.69) is 53.6 Å². The highest BCUT2D eigenvalue weighted by Crippen LogP contribution is 2.27. The molecule has 4 heterocycles. The molecule has 0 amide bonds. The second-order valence-corrected chi connectivity index (χ2v) is 9.91. The van der Waals surface area contributed by atoms with E-state index in [0.717, 1.165) is 76.6 Å². The number of anilines is 3. The molecule has 0 spiro atoms. The van der Waals surface area contributed by atoms with Gasteiger partial charge < -0.3 is 25.0 Å². The van der Waals surface area contributed by atoms with Crippen LogP contribution in [0.15, 0.2) is 48.8 Å². The Morgan fingerprint density at radius 3 is 2.50 bits per heavy atom. The lowest BCUT2D eigenvalue weighted by Gasteiger charge is -2.43. The molecule has 10 nitrogen and oxygen atoms in total. The summed E-state index contributed by atoms with van der Waals surface area (Å²) in [4.78, 5) is 18.2. The summed E-state index contributed by atoms with van der Waals surface area (Å²) in [6.45, 7) is 7.79. The summed E-state index contributed by atoms with van der Waals surface area (Å²) in [7, 11) is 0. The van der Waals surface area contributed by atoms with Crippen molar-refractivity contribution in [3.05, 3.63) is 54.4 Å². The van der Waals surface area contributed by atoms with E-state index in [1.165, 1.54) is 12.0 Å². The van der Waals surface area contributed by atoms with Crippen LogP contribution in [0.25, 0.3) is 11.4 Å². The third-order valence-electron chi connectivity index (χ3n) is 7.45. The number of piperidine rings is 1. The maximum absolute atomic E-state index is 9.72. The summed E-state index contributed by atoms with van der Waals surface area (Å²) < 4.78 is 11.4. The lowest BCUT2D eigenvalue weighted by atomic mass is 10.1. The molecule has 2 N–H and O–H groups in total. The van der Waals surface area contributed by atoms with Gasteiger partial charge in [0.2, 0.25) is 5.95 Å². The first kappa shape index (κ1) is 24.6. The average Bonchev–Trinajstić information content (AvgIpc) is 2.94. The second kappa shape index (κ2) is 11.3. The van der Waals surface area contributed by atoms with Crippen LogP contribution < -0.4 is 20.3 Å². The van der Waals surface area contributed by atoms with Crippen molar-refractivity contribution in [3.8, 4) is 23.2 Å². The van der Waals surface area contributed by atoms with Gasteiger partial charge in [-0.15, -0.1) is 0 Å². The molecule has 0 atom stereocenters. The number of hydrogen-bond acceptors (Lipinski definition) is 10. The monoisotopic (exact) mass is 512 g/mol. The van der Waals surface area contributed by atoms with Crippen molar-refractivity contribution in [1.82, 2.24) is 25.2 Å². The molecular weight excluding hydrogens is 480 g/mol. The molecule has 6 rings (SSSR count). The van der Waals surface area contributed by atoms with E-state index in [1.807, 2.05) is 24.3 Å². The first-order valence-corrected chi connectivity index (χ1v) is 13.3. The number of nitriles is 1. The Labute approximate surface area is 222 Å². The Morgan fingerprint density at radius 2 is 1.79 bits per heavy atom. The summed E-state index contributed by atoms with van der Waals surface area (Å²) in [6.07, 6.45) is 3.48. The van der Waals surface area contributed by atoms with Crippen LogP contribution in [-0.2, 0) is 4.74 Å². The topological polar surface area (TPSA) is 111 Å². The van der Waals surface area contributed by atoms with E-state index >= 15 is 0 Å². The first-order chi connectivity index (χ1) is 18.7. The molecule has 3 aromatic rings. The molecule has 38 heavy (non-hydrogen) atoms. The molecular formula is C28H32N8O2. The number of hydrogen-bond donors (Lipinski definition) is 2. The standard InChI is InChI=1S/C28H32N8O2/c29-16-21-15-20(1-6-26(21)38-25-7-9-30-10-8-25)27-31-19-32-28(34-27)33-22-2-4-23(5-3-22)35-11-13-36(14-12-35)24-17-37-18-24/h1-6,15,19,24-25,30H,7-14,17-18H2,(H,31,32,33,34). The van der Waals surface area contributed by atoms with Crippen LogP contribution in [0.5, 0.6) is 5.75 Å². The average molecular weight is 513 g/mol. The minimum absolute atomic E-state index is 0.126. The summed E-state index contributed by atoms with van der Waals surface area (Å²) >= 11 is 0. The van der Waals surface area contributed by atoms with Crippen LogP contribution >= 0.6 is 0 Å². The van der Waals surface area contributed by atoms with E-state index in [-0.39, 0.29) is 6.10 Å². The highest BCUT2D eigenvalue weighted by atomic mass is 16.5. The number of aromatic nitrogens is 3. The number of rotatable bonds is 7. The zero-order valence-corrected chi connectivity index (χ0v) is 21.3. The molecule has 3 aliphatic rings. The molecule has 0 radical (unpaired) electrons. The summed E-state index contributed by atoms with van der Waals surface area (Å²) in [6, 6.07) is 16.7. The molecule has 2 aromatic carbocycles. The Hall–Kier alpha value is -3.78. The summed E-state index contributed by atoms with van der Waals surface area (Å²) in [5.41, 5.74) is 3.34. The fourth-order valence-electron chi connectivity index (χ4n) is 5.11. The number of nitrogens with one attached hydrogen (secondary N) is 2. The van der Waals surface area contributed by atoms with Crippen molar-refractivity contribution in [2.75, 3.05) is 62.7 Å². The van der Waals surface area contributed by atoms with Gasteiger partial charge in [-0.2, -0.15) is 10.2 Å². The number of piperazine rings is 1. The van der Waals surface area contributed by atoms with Gasteiger partial charge in [-0.05, 0) is 68.4 Å². The number of nitrogens with zero attached hydrogens (tertiary/aromatic N) is 6. The molecule has 196 valence electrons. The van der Waals surface area contributed by atoms with Crippen LogP contribution in [0.4, 0.5) is 17.3 Å². The molecule has 0 unspecified atom stereocenters. The van der Waals surface area contributed by atoms with E-state index in [1.54, 1.807) is 6.07 Å². The highest BCUT2D eigenvalue weighted by Gasteiger charge is 2.28. The van der Waals surface area contributed by atoms with Crippen molar-refractivity contribution in [1.29, 1.82) is 5.26 Å². The SMILES string of the molecule is N#Cc1cc(-c2ncnc(Nc3ccc(N4CCN(C5COC5)CC4)cc3)n2)ccc1OC1CCNCC1. The lowest BCUT2D eigenvalue weighted by molar-refractivity contribution is -0.0660. The van der Waals surface area contributed by atoms with E-state index in [4.69, 9.17) is 9.47 Å². The van der Waals surface area contributed by atoms with Gasteiger partial charge in [-0.1, -0.05) is 0 Å². The number of benzene rings is 2. The zero-order valence-electron chi connectivity index (χ0n) is 21.3. The third-order valence-corrected chi connectivity index (χ3v) is 7.45. The van der Waals surface area contributed by atoms with Crippen molar-refractivity contribution in [3.63, 3.8) is 0 Å². The van der Waals surface area contributed by atoms with E-state index in [0.29, 0.717) is 29.1 Å². The smallest absolute Gasteiger partial charge is 0.230 e. The van der Waals surface area contributed by atoms with Gasteiger partial charge in [0.05, 0.1) is 24.8 Å². The quantitative estimate of drug-likeness (QED) is 0.490. The fourth-order valence-corrected chi connectivity index (χ4v) is 5.11. The molecule has 3 fully saturated rings. The van der Waals surface area contributed by atoms with Crippen molar-refractivity contribution >= 4 is 17.3 Å². The Balaban J connectivity index is 1.10. The minimum atomic E-state index is 0.126. The van der Waals surface area contributed by atoms with Gasteiger partial charge in [0.15, 0.2) is 5.82 Å². The predicted molar refractivity (Wildman–Crippen MR) is 145 cm³/mol. The fraction of sp³-hybridized carbons (Fsp3) is 0.429. The molecule has 0 aliphatic carbocycles. The van der Waals surface area contributed by atoms with Crippen LogP contribution in [0, 0.1) is 11.3 Å². The Bertz CT molecular complexity index is 1280. The lowest BCUT2D eigenvalue weighted by Crippen LogP contribution is -2.56. The van der Waals surface area contributed by atoms with Gasteiger partial charge >= 0.3 is 0 Å². The van der Waals surface area contributed by atoms with Crippen LogP contribution in [0.3, 0.4) is 0 Å². The zero-order chi connectivity index (χ0) is 25.7. The summed E-state index contributed by atoms with van der Waals surface area (Å²) in [5, 5.41) is 16.3. The van der Waals surface area contributed by atoms with Gasteiger partial charge in [0.1, 0.15) is 24.3 Å². The van der Waals surface area contributed by atoms with Gasteiger partial charge in [0.25, 0.3) is 0 Å². The molecule has 3 aliphatic heterocycles. The van der Waals surface area contributed by atoms with Crippen molar-refractivity contribution in [2.24, 2.45) is 0 Å². The Kier molecular flexibility index (Phi) is 7.31. The third kappa shape index (κ3) is 5.55. The highest BCUT2D eigenvalue weighted by molar-refractivity contribution is 5.64. The maximum Gasteiger partial charge on any atom is 0.230 e. The number of ether oxygens (including phenoxy) is 2. The van der Waals surface area contributed by atoms with Crippen molar-refractivity contribution < 1.29 is 9.47 Å². The van der Waals surface area contributed by atoms with E-state index < -0.39 is 0 Å². The van der Waals surface area contributed by atoms with Crippen molar-refractivity contribution in [2.45, 2.75) is 25.0 Å². The minimum Gasteiger partial charge on any atom is -0.489 e. The van der Waals surface area contributed by atoms with Crippen LogP contribution in [-0.4, -0.2) is 84.5 Å². The van der Waals surface area contributed by atoms with E-state index in [9.17, 15) is 5.26 Å². The molecule has 3 saturated heterocycles. The molecule has 0 bridgehead atoms. The molecule has 10 heteroatoms. The largest absolute Gasteiger partial charge is 0.489 e. The maximum atomic E-state index is 9.72.